The molecule has 0 aliphatic carbocycles. The smallest absolute Gasteiger partial charge is 0.306 e. The molecule has 0 aliphatic rings. The van der Waals surface area contributed by atoms with E-state index in [1.165, 1.54) is 0 Å². The van der Waals surface area contributed by atoms with Crippen LogP contribution in [-0.2, 0) is 20.9 Å². The third-order valence-corrected chi connectivity index (χ3v) is 2.98. The Morgan fingerprint density at radius 1 is 1.19 bits per heavy atom. The first-order valence-electron chi connectivity index (χ1n) is 7.20. The van der Waals surface area contributed by atoms with Crippen molar-refractivity contribution in [3.63, 3.8) is 0 Å². The zero-order valence-electron chi connectivity index (χ0n) is 12.5. The summed E-state index contributed by atoms with van der Waals surface area (Å²) >= 11 is 0. The molecule has 0 saturated carbocycles. The van der Waals surface area contributed by atoms with E-state index in [9.17, 15) is 9.59 Å². The number of aliphatic hydroxyl groups excluding tert-OH is 1. The number of Topliss-reactive ketones (excluding diaryl/α,β-unsaturated/α-hetero) is 1. The molecule has 0 saturated heterocycles. The third-order valence-electron chi connectivity index (χ3n) is 2.98. The number of nitrogens with zero attached hydrogens (tertiary/aromatic N) is 1. The molecule has 0 aromatic heterocycles. The molecule has 0 heterocycles. The third kappa shape index (κ3) is 7.58. The molecular weight excluding hydrogens is 270 g/mol. The molecule has 0 atom stereocenters. The number of ether oxygens (including phenoxy) is 1. The minimum Gasteiger partial charge on any atom is -0.466 e. The Labute approximate surface area is 125 Å². The van der Waals surface area contributed by atoms with E-state index in [0.717, 1.165) is 5.56 Å². The van der Waals surface area contributed by atoms with Crippen molar-refractivity contribution in [2.45, 2.75) is 26.3 Å². The maximum atomic E-state index is 11.9. The SMILES string of the molecule is CCOC(=O)CCC(=O)CN(CCO)Cc1ccccc1. The Kier molecular flexibility index (Phi) is 8.31. The highest BCUT2D eigenvalue weighted by Gasteiger charge is 2.13. The fourth-order valence-electron chi connectivity index (χ4n) is 2.00. The summed E-state index contributed by atoms with van der Waals surface area (Å²) in [6, 6.07) is 9.77. The van der Waals surface area contributed by atoms with Gasteiger partial charge in [-0.1, -0.05) is 30.3 Å². The number of hydrogen-bond donors (Lipinski definition) is 1. The van der Waals surface area contributed by atoms with Crippen LogP contribution in [0.5, 0.6) is 0 Å². The lowest BCUT2D eigenvalue weighted by Gasteiger charge is -2.20. The van der Waals surface area contributed by atoms with Crippen LogP contribution < -0.4 is 0 Å². The number of rotatable bonds is 10. The highest BCUT2D eigenvalue weighted by molar-refractivity contribution is 5.84. The van der Waals surface area contributed by atoms with E-state index in [0.29, 0.717) is 19.7 Å². The Balaban J connectivity index is 2.42. The summed E-state index contributed by atoms with van der Waals surface area (Å²) in [6.07, 6.45) is 0.292. The maximum absolute atomic E-state index is 11.9. The van der Waals surface area contributed by atoms with E-state index in [2.05, 4.69) is 0 Å². The van der Waals surface area contributed by atoms with Crippen molar-refractivity contribution in [1.29, 1.82) is 0 Å². The number of carbonyl (C=O) groups is 2. The fourth-order valence-corrected chi connectivity index (χ4v) is 2.00. The number of aliphatic hydroxyl groups is 1. The highest BCUT2D eigenvalue weighted by atomic mass is 16.5. The van der Waals surface area contributed by atoms with Crippen molar-refractivity contribution in [3.05, 3.63) is 35.9 Å². The first-order chi connectivity index (χ1) is 10.2. The molecule has 0 radical (unpaired) electrons. The molecule has 0 amide bonds. The predicted molar refractivity (Wildman–Crippen MR) is 79.7 cm³/mol. The molecule has 21 heavy (non-hydrogen) atoms. The predicted octanol–water partition coefficient (Wildman–Crippen LogP) is 1.39. The molecule has 0 fully saturated rings. The van der Waals surface area contributed by atoms with Gasteiger partial charge in [0, 0.05) is 19.5 Å². The van der Waals surface area contributed by atoms with Gasteiger partial charge in [0.2, 0.25) is 0 Å². The zero-order chi connectivity index (χ0) is 15.5. The summed E-state index contributed by atoms with van der Waals surface area (Å²) in [5, 5.41) is 9.09. The molecule has 0 bridgehead atoms. The molecule has 0 aliphatic heterocycles. The normalized spacial score (nSPS) is 10.6. The van der Waals surface area contributed by atoms with Gasteiger partial charge in [-0.15, -0.1) is 0 Å². The monoisotopic (exact) mass is 293 g/mol. The minimum atomic E-state index is -0.345. The van der Waals surface area contributed by atoms with Gasteiger partial charge < -0.3 is 9.84 Å². The van der Waals surface area contributed by atoms with E-state index in [4.69, 9.17) is 9.84 Å². The van der Waals surface area contributed by atoms with Gasteiger partial charge in [-0.3, -0.25) is 14.5 Å². The molecule has 5 nitrogen and oxygen atoms in total. The summed E-state index contributed by atoms with van der Waals surface area (Å²) in [7, 11) is 0. The Hall–Kier alpha value is -1.72. The van der Waals surface area contributed by atoms with E-state index in [1.54, 1.807) is 6.92 Å². The highest BCUT2D eigenvalue weighted by Crippen LogP contribution is 2.05. The second kappa shape index (κ2) is 10.1. The number of ketones is 1. The van der Waals surface area contributed by atoms with Gasteiger partial charge >= 0.3 is 5.97 Å². The molecule has 0 unspecified atom stereocenters. The molecule has 0 spiro atoms. The minimum absolute atomic E-state index is 0.00199. The lowest BCUT2D eigenvalue weighted by atomic mass is 10.1. The Morgan fingerprint density at radius 2 is 1.90 bits per heavy atom. The van der Waals surface area contributed by atoms with Crippen molar-refractivity contribution < 1.29 is 19.4 Å². The van der Waals surface area contributed by atoms with Crippen LogP contribution in [0, 0.1) is 0 Å². The Morgan fingerprint density at radius 3 is 2.52 bits per heavy atom. The number of carbonyl (C=O) groups excluding carboxylic acids is 2. The van der Waals surface area contributed by atoms with E-state index in [1.807, 2.05) is 35.2 Å². The standard InChI is InChI=1S/C16H23NO4/c1-2-21-16(20)9-8-15(19)13-17(10-11-18)12-14-6-4-3-5-7-14/h3-7,18H,2,8-13H2,1H3. The van der Waals surface area contributed by atoms with Crippen molar-refractivity contribution in [1.82, 2.24) is 4.90 Å². The van der Waals surface area contributed by atoms with Crippen LogP contribution in [0.15, 0.2) is 30.3 Å². The van der Waals surface area contributed by atoms with Crippen LogP contribution in [0.25, 0.3) is 0 Å². The molecule has 1 rings (SSSR count). The van der Waals surface area contributed by atoms with Gasteiger partial charge in [0.1, 0.15) is 5.78 Å². The molecule has 5 heteroatoms. The summed E-state index contributed by atoms with van der Waals surface area (Å²) in [5.74, 6) is -0.366. The molecule has 116 valence electrons. The lowest BCUT2D eigenvalue weighted by Crippen LogP contribution is -2.32. The van der Waals surface area contributed by atoms with Gasteiger partial charge in [-0.2, -0.15) is 0 Å². The van der Waals surface area contributed by atoms with Gasteiger partial charge in [0.25, 0.3) is 0 Å². The van der Waals surface area contributed by atoms with Crippen molar-refractivity contribution in [2.75, 3.05) is 26.3 Å². The maximum Gasteiger partial charge on any atom is 0.306 e. The fraction of sp³-hybridized carbons (Fsp3) is 0.500. The average Bonchev–Trinajstić information content (AvgIpc) is 2.47. The number of hydrogen-bond acceptors (Lipinski definition) is 5. The first kappa shape index (κ1) is 17.3. The van der Waals surface area contributed by atoms with Gasteiger partial charge in [0.05, 0.1) is 26.2 Å². The second-order valence-electron chi connectivity index (χ2n) is 4.76. The van der Waals surface area contributed by atoms with Crippen LogP contribution in [0.2, 0.25) is 0 Å². The zero-order valence-corrected chi connectivity index (χ0v) is 12.5. The van der Waals surface area contributed by atoms with Gasteiger partial charge in [-0.25, -0.2) is 0 Å². The first-order valence-corrected chi connectivity index (χ1v) is 7.20. The van der Waals surface area contributed by atoms with Crippen molar-refractivity contribution in [3.8, 4) is 0 Å². The summed E-state index contributed by atoms with van der Waals surface area (Å²) in [4.78, 5) is 25.0. The van der Waals surface area contributed by atoms with E-state index in [-0.39, 0.29) is 37.7 Å². The quantitative estimate of drug-likeness (QED) is 0.660. The van der Waals surface area contributed by atoms with Crippen LogP contribution in [0.3, 0.4) is 0 Å². The Bertz CT molecular complexity index is 433. The summed E-state index contributed by atoms with van der Waals surface area (Å²) in [5.41, 5.74) is 1.09. The van der Waals surface area contributed by atoms with Crippen molar-refractivity contribution >= 4 is 11.8 Å². The largest absolute Gasteiger partial charge is 0.466 e. The number of esters is 1. The number of benzene rings is 1. The summed E-state index contributed by atoms with van der Waals surface area (Å²) in [6.45, 7) is 3.33. The topological polar surface area (TPSA) is 66.8 Å². The van der Waals surface area contributed by atoms with E-state index < -0.39 is 0 Å². The second-order valence-corrected chi connectivity index (χ2v) is 4.76. The molecular formula is C16H23NO4. The average molecular weight is 293 g/mol. The van der Waals surface area contributed by atoms with Gasteiger partial charge in [-0.05, 0) is 12.5 Å². The molecule has 1 aromatic rings. The van der Waals surface area contributed by atoms with Crippen LogP contribution in [0.1, 0.15) is 25.3 Å². The van der Waals surface area contributed by atoms with Crippen LogP contribution in [0.4, 0.5) is 0 Å². The molecule has 1 N–H and O–H groups in total. The summed E-state index contributed by atoms with van der Waals surface area (Å²) < 4.78 is 4.80. The lowest BCUT2D eigenvalue weighted by molar-refractivity contribution is -0.144. The van der Waals surface area contributed by atoms with Crippen LogP contribution in [-0.4, -0.2) is 48.1 Å². The van der Waals surface area contributed by atoms with E-state index >= 15 is 0 Å². The molecule has 1 aromatic carbocycles. The van der Waals surface area contributed by atoms with Gasteiger partial charge in [0.15, 0.2) is 0 Å². The van der Waals surface area contributed by atoms with Crippen LogP contribution >= 0.6 is 0 Å². The van der Waals surface area contributed by atoms with Crippen molar-refractivity contribution in [2.24, 2.45) is 0 Å².